The number of rotatable bonds is 5. The molecule has 31 heavy (non-hydrogen) atoms. The highest BCUT2D eigenvalue weighted by Crippen LogP contribution is 2.26. The molecule has 0 aliphatic carbocycles. The van der Waals surface area contributed by atoms with E-state index in [1.807, 2.05) is 12.1 Å². The molecular weight excluding hydrogens is 390 g/mol. The fourth-order valence-electron chi connectivity index (χ4n) is 3.12. The molecule has 0 aliphatic heterocycles. The Morgan fingerprint density at radius 3 is 2.16 bits per heavy atom. The van der Waals surface area contributed by atoms with E-state index in [2.05, 4.69) is 31.4 Å². The summed E-state index contributed by atoms with van der Waals surface area (Å²) in [5.41, 5.74) is 9.29. The number of carbonyl (C=O) groups is 2. The summed E-state index contributed by atoms with van der Waals surface area (Å²) < 4.78 is 5.14. The molecule has 2 amide bonds. The van der Waals surface area contributed by atoms with E-state index in [1.165, 1.54) is 7.11 Å². The van der Waals surface area contributed by atoms with Crippen molar-refractivity contribution in [2.75, 3.05) is 23.5 Å². The van der Waals surface area contributed by atoms with Crippen LogP contribution in [0.25, 0.3) is 0 Å². The van der Waals surface area contributed by atoms with Crippen LogP contribution < -0.4 is 21.1 Å². The lowest BCUT2D eigenvalue weighted by molar-refractivity contribution is 0.102. The lowest BCUT2D eigenvalue weighted by atomic mass is 9.86. The maximum Gasteiger partial charge on any atom is 0.257 e. The number of hydrogen-bond donors (Lipinski definition) is 3. The van der Waals surface area contributed by atoms with Gasteiger partial charge in [-0.1, -0.05) is 45.0 Å². The van der Waals surface area contributed by atoms with Crippen molar-refractivity contribution in [1.29, 1.82) is 0 Å². The molecule has 0 saturated heterocycles. The molecule has 0 atom stereocenters. The number of methoxy groups -OCH3 is 1. The van der Waals surface area contributed by atoms with Gasteiger partial charge >= 0.3 is 0 Å². The predicted molar refractivity (Wildman–Crippen MR) is 125 cm³/mol. The zero-order valence-corrected chi connectivity index (χ0v) is 18.2. The molecule has 0 fully saturated rings. The molecule has 3 rings (SSSR count). The van der Waals surface area contributed by atoms with E-state index in [-0.39, 0.29) is 17.2 Å². The van der Waals surface area contributed by atoms with Crippen molar-refractivity contribution in [3.63, 3.8) is 0 Å². The molecule has 0 spiro atoms. The molecule has 0 bridgehead atoms. The highest BCUT2D eigenvalue weighted by molar-refractivity contribution is 6.12. The third kappa shape index (κ3) is 5.22. The van der Waals surface area contributed by atoms with Crippen molar-refractivity contribution in [3.05, 3.63) is 83.4 Å². The minimum Gasteiger partial charge on any atom is -0.495 e. The van der Waals surface area contributed by atoms with Gasteiger partial charge in [0.15, 0.2) is 0 Å². The van der Waals surface area contributed by atoms with Crippen LogP contribution in [0, 0.1) is 0 Å². The molecule has 160 valence electrons. The van der Waals surface area contributed by atoms with Crippen LogP contribution in [0.1, 0.15) is 47.1 Å². The fraction of sp³-hybridized carbons (Fsp3) is 0.200. The van der Waals surface area contributed by atoms with Crippen LogP contribution in [-0.4, -0.2) is 18.9 Å². The van der Waals surface area contributed by atoms with Gasteiger partial charge in [0.05, 0.1) is 24.0 Å². The van der Waals surface area contributed by atoms with E-state index < -0.39 is 0 Å². The van der Waals surface area contributed by atoms with Crippen LogP contribution in [0.2, 0.25) is 0 Å². The highest BCUT2D eigenvalue weighted by Gasteiger charge is 2.17. The number of carbonyl (C=O) groups excluding carboxylic acids is 2. The van der Waals surface area contributed by atoms with E-state index >= 15 is 0 Å². The molecule has 0 heterocycles. The molecule has 3 aromatic rings. The largest absolute Gasteiger partial charge is 0.495 e. The lowest BCUT2D eigenvalue weighted by Crippen LogP contribution is -2.18. The van der Waals surface area contributed by atoms with Gasteiger partial charge in [-0.2, -0.15) is 0 Å². The molecule has 0 saturated carbocycles. The number of hydrogen-bond acceptors (Lipinski definition) is 4. The van der Waals surface area contributed by atoms with Gasteiger partial charge in [0.25, 0.3) is 11.8 Å². The molecule has 6 heteroatoms. The number of para-hydroxylation sites is 1. The average molecular weight is 418 g/mol. The zero-order valence-electron chi connectivity index (χ0n) is 18.2. The van der Waals surface area contributed by atoms with Gasteiger partial charge < -0.3 is 21.1 Å². The summed E-state index contributed by atoms with van der Waals surface area (Å²) in [7, 11) is 1.53. The quantitative estimate of drug-likeness (QED) is 0.505. The molecular formula is C25H27N3O3. The molecule has 0 radical (unpaired) electrons. The second-order valence-corrected chi connectivity index (χ2v) is 8.24. The van der Waals surface area contributed by atoms with Gasteiger partial charge in [-0.15, -0.1) is 0 Å². The number of benzene rings is 3. The number of amides is 2. The third-order valence-corrected chi connectivity index (χ3v) is 4.92. The topological polar surface area (TPSA) is 93.5 Å². The molecule has 4 N–H and O–H groups in total. The van der Waals surface area contributed by atoms with Crippen LogP contribution in [0.3, 0.4) is 0 Å². The van der Waals surface area contributed by atoms with E-state index in [4.69, 9.17) is 10.5 Å². The Morgan fingerprint density at radius 2 is 1.55 bits per heavy atom. The Morgan fingerprint density at radius 1 is 0.871 bits per heavy atom. The van der Waals surface area contributed by atoms with Crippen molar-refractivity contribution in [1.82, 2.24) is 0 Å². The smallest absolute Gasteiger partial charge is 0.257 e. The summed E-state index contributed by atoms with van der Waals surface area (Å²) in [5.74, 6) is -0.110. The zero-order chi connectivity index (χ0) is 22.6. The van der Waals surface area contributed by atoms with Crippen LogP contribution >= 0.6 is 0 Å². The number of ether oxygens (including phenoxy) is 1. The summed E-state index contributed by atoms with van der Waals surface area (Å²) in [6.45, 7) is 6.36. The lowest BCUT2D eigenvalue weighted by Gasteiger charge is -2.19. The molecule has 0 aromatic heterocycles. The second-order valence-electron chi connectivity index (χ2n) is 8.24. The van der Waals surface area contributed by atoms with Crippen LogP contribution in [0.5, 0.6) is 5.75 Å². The Bertz CT molecular complexity index is 1100. The summed E-state index contributed by atoms with van der Waals surface area (Å²) in [5, 5.41) is 5.64. The van der Waals surface area contributed by atoms with Gasteiger partial charge in [0.2, 0.25) is 0 Å². The van der Waals surface area contributed by atoms with Gasteiger partial charge in [0.1, 0.15) is 5.75 Å². The molecule has 0 aliphatic rings. The SMILES string of the molecule is COc1ccc(NC(=O)c2ccccc2NC(=O)c2ccc(C(C)(C)C)cc2)cc1N. The summed E-state index contributed by atoms with van der Waals surface area (Å²) >= 11 is 0. The first-order valence-electron chi connectivity index (χ1n) is 9.95. The summed E-state index contributed by atoms with van der Waals surface area (Å²) in [4.78, 5) is 25.6. The van der Waals surface area contributed by atoms with Crippen LogP contribution in [0.15, 0.2) is 66.7 Å². The first kappa shape index (κ1) is 21.9. The van der Waals surface area contributed by atoms with Crippen molar-refractivity contribution < 1.29 is 14.3 Å². The van der Waals surface area contributed by atoms with Crippen molar-refractivity contribution in [3.8, 4) is 5.75 Å². The minimum atomic E-state index is -0.358. The predicted octanol–water partition coefficient (Wildman–Crippen LogP) is 5.08. The van der Waals surface area contributed by atoms with Gasteiger partial charge in [-0.25, -0.2) is 0 Å². The van der Waals surface area contributed by atoms with E-state index in [9.17, 15) is 9.59 Å². The monoisotopic (exact) mass is 417 g/mol. The Labute approximate surface area is 182 Å². The molecule has 0 unspecified atom stereocenters. The van der Waals surface area contributed by atoms with Crippen LogP contribution in [0.4, 0.5) is 17.1 Å². The third-order valence-electron chi connectivity index (χ3n) is 4.92. The van der Waals surface area contributed by atoms with Gasteiger partial charge in [-0.05, 0) is 53.4 Å². The Kier molecular flexibility index (Phi) is 6.30. The van der Waals surface area contributed by atoms with Crippen molar-refractivity contribution in [2.45, 2.75) is 26.2 Å². The van der Waals surface area contributed by atoms with Crippen molar-refractivity contribution in [2.24, 2.45) is 0 Å². The maximum absolute atomic E-state index is 12.8. The molecule has 3 aromatic carbocycles. The number of nitrogens with two attached hydrogens (primary N) is 1. The normalized spacial score (nSPS) is 11.0. The maximum atomic E-state index is 12.8. The molecule has 6 nitrogen and oxygen atoms in total. The highest BCUT2D eigenvalue weighted by atomic mass is 16.5. The standard InChI is InChI=1S/C25H27N3O3/c1-25(2,3)17-11-9-16(10-12-17)23(29)28-21-8-6-5-7-19(21)24(30)27-18-13-14-22(31-4)20(26)15-18/h5-15H,26H2,1-4H3,(H,27,30)(H,28,29). The number of anilines is 3. The van der Waals surface area contributed by atoms with E-state index in [0.717, 1.165) is 5.56 Å². The first-order valence-corrected chi connectivity index (χ1v) is 9.95. The van der Waals surface area contributed by atoms with Crippen LogP contribution in [-0.2, 0) is 5.41 Å². The number of nitrogens with one attached hydrogen (secondary N) is 2. The van der Waals surface area contributed by atoms with Gasteiger partial charge in [0, 0.05) is 11.3 Å². The summed E-state index contributed by atoms with van der Waals surface area (Å²) in [6, 6.07) is 19.3. The second kappa shape index (κ2) is 8.92. The average Bonchev–Trinajstić information content (AvgIpc) is 2.73. The fourth-order valence-corrected chi connectivity index (χ4v) is 3.12. The van der Waals surface area contributed by atoms with E-state index in [0.29, 0.717) is 33.9 Å². The Balaban J connectivity index is 1.77. The Hall–Kier alpha value is -3.80. The summed E-state index contributed by atoms with van der Waals surface area (Å²) in [6.07, 6.45) is 0. The van der Waals surface area contributed by atoms with E-state index in [1.54, 1.807) is 54.6 Å². The van der Waals surface area contributed by atoms with Gasteiger partial charge in [-0.3, -0.25) is 9.59 Å². The van der Waals surface area contributed by atoms with Crippen molar-refractivity contribution >= 4 is 28.9 Å². The number of nitrogen functional groups attached to an aromatic ring is 1. The minimum absolute atomic E-state index is 0.00451. The first-order chi connectivity index (χ1) is 14.7.